The summed E-state index contributed by atoms with van der Waals surface area (Å²) in [7, 11) is 0. The Morgan fingerprint density at radius 2 is 1.96 bits per heavy atom. The Morgan fingerprint density at radius 1 is 1.22 bits per heavy atom. The molecule has 0 saturated carbocycles. The minimum Gasteiger partial charge on any atom is -0.339 e. The number of nitrogens with zero attached hydrogens (tertiary/aromatic N) is 2. The summed E-state index contributed by atoms with van der Waals surface area (Å²) >= 11 is 3.38. The normalized spacial score (nSPS) is 15.4. The average Bonchev–Trinajstić information content (AvgIpc) is 2.82. The molecular weight excluding hydrogens is 324 g/mol. The van der Waals surface area contributed by atoms with Gasteiger partial charge in [0.15, 0.2) is 0 Å². The van der Waals surface area contributed by atoms with Crippen LogP contribution in [0, 0.1) is 6.92 Å². The molecule has 2 aromatic rings. The van der Waals surface area contributed by atoms with Crippen molar-refractivity contribution in [1.82, 2.24) is 9.88 Å². The molecule has 1 aliphatic heterocycles. The number of aromatic nitrogens is 1. The first kappa shape index (κ1) is 16.5. The second-order valence-corrected chi connectivity index (χ2v) is 7.93. The monoisotopic (exact) mass is 346 g/mol. The van der Waals surface area contributed by atoms with Gasteiger partial charge in [0.05, 0.1) is 16.3 Å². The van der Waals surface area contributed by atoms with Crippen molar-refractivity contribution in [2.45, 2.75) is 43.3 Å². The smallest absolute Gasteiger partial charge is 0.254 e. The maximum Gasteiger partial charge on any atom is 0.254 e. The zero-order valence-electron chi connectivity index (χ0n) is 13.5. The molecule has 5 heteroatoms. The molecule has 1 aromatic carbocycles. The van der Waals surface area contributed by atoms with Gasteiger partial charge in [-0.25, -0.2) is 4.98 Å². The van der Waals surface area contributed by atoms with Crippen LogP contribution in [0.4, 0.5) is 0 Å². The van der Waals surface area contributed by atoms with E-state index in [1.807, 2.05) is 30.0 Å². The maximum absolute atomic E-state index is 12.9. The predicted octanol–water partition coefficient (Wildman–Crippen LogP) is 4.76. The van der Waals surface area contributed by atoms with Crippen molar-refractivity contribution in [3.8, 4) is 0 Å². The van der Waals surface area contributed by atoms with E-state index >= 15 is 0 Å². The number of hydrogen-bond donors (Lipinski definition) is 0. The molecule has 3 nitrogen and oxygen atoms in total. The van der Waals surface area contributed by atoms with E-state index in [-0.39, 0.29) is 5.91 Å². The molecular formula is C18H22N2OS2. The molecule has 1 aromatic heterocycles. The van der Waals surface area contributed by atoms with Gasteiger partial charge in [0, 0.05) is 29.1 Å². The molecule has 1 saturated heterocycles. The summed E-state index contributed by atoms with van der Waals surface area (Å²) in [4.78, 5) is 20.5. The Hall–Kier alpha value is -1.33. The summed E-state index contributed by atoms with van der Waals surface area (Å²) in [5.74, 6) is 0.999. The van der Waals surface area contributed by atoms with E-state index in [9.17, 15) is 4.79 Å². The second-order valence-electron chi connectivity index (χ2n) is 5.85. The van der Waals surface area contributed by atoms with Crippen LogP contribution in [0.2, 0.25) is 0 Å². The number of thioether (sulfide) groups is 1. The van der Waals surface area contributed by atoms with Gasteiger partial charge in [0.1, 0.15) is 0 Å². The molecule has 0 aliphatic carbocycles. The van der Waals surface area contributed by atoms with Gasteiger partial charge in [0.2, 0.25) is 0 Å². The standard InChI is InChI=1S/C18H22N2OS2/c1-14-19-15(12-22-14)13-23-17-9-5-4-8-16(17)18(21)20-10-6-2-3-7-11-20/h4-5,8-9,12H,2-3,6-7,10-11,13H2,1H3. The van der Waals surface area contributed by atoms with E-state index in [2.05, 4.69) is 16.4 Å². The first-order valence-corrected chi connectivity index (χ1v) is 10.0. The molecule has 0 spiro atoms. The van der Waals surface area contributed by atoms with Crippen LogP contribution in [0.3, 0.4) is 0 Å². The van der Waals surface area contributed by atoms with Crippen molar-refractivity contribution >= 4 is 29.0 Å². The number of carbonyl (C=O) groups excluding carboxylic acids is 1. The molecule has 0 atom stereocenters. The molecule has 122 valence electrons. The lowest BCUT2D eigenvalue weighted by molar-refractivity contribution is 0.0758. The average molecular weight is 347 g/mol. The number of benzene rings is 1. The minimum atomic E-state index is 0.185. The lowest BCUT2D eigenvalue weighted by atomic mass is 10.2. The first-order chi connectivity index (χ1) is 11.2. The molecule has 3 rings (SSSR count). The van der Waals surface area contributed by atoms with Gasteiger partial charge in [-0.15, -0.1) is 23.1 Å². The highest BCUT2D eigenvalue weighted by atomic mass is 32.2. The van der Waals surface area contributed by atoms with Crippen LogP contribution in [0.1, 0.15) is 46.7 Å². The van der Waals surface area contributed by atoms with Crippen molar-refractivity contribution in [3.63, 3.8) is 0 Å². The van der Waals surface area contributed by atoms with Gasteiger partial charge in [-0.05, 0) is 31.9 Å². The van der Waals surface area contributed by atoms with Crippen molar-refractivity contribution in [1.29, 1.82) is 0 Å². The van der Waals surface area contributed by atoms with E-state index in [0.29, 0.717) is 0 Å². The van der Waals surface area contributed by atoms with E-state index in [0.717, 1.165) is 52.8 Å². The Bertz CT molecular complexity index is 661. The Kier molecular flexibility index (Phi) is 5.73. The molecule has 0 unspecified atom stereocenters. The van der Waals surface area contributed by atoms with Crippen LogP contribution in [-0.4, -0.2) is 28.9 Å². The van der Waals surface area contributed by atoms with Gasteiger partial charge in [-0.1, -0.05) is 25.0 Å². The van der Waals surface area contributed by atoms with E-state index in [1.54, 1.807) is 23.1 Å². The van der Waals surface area contributed by atoms with Crippen molar-refractivity contribution in [2.75, 3.05) is 13.1 Å². The third-order valence-electron chi connectivity index (χ3n) is 4.05. The van der Waals surface area contributed by atoms with Crippen LogP contribution >= 0.6 is 23.1 Å². The van der Waals surface area contributed by atoms with Gasteiger partial charge < -0.3 is 4.90 Å². The van der Waals surface area contributed by atoms with Crippen molar-refractivity contribution < 1.29 is 4.79 Å². The van der Waals surface area contributed by atoms with E-state index < -0.39 is 0 Å². The summed E-state index contributed by atoms with van der Waals surface area (Å²) in [6.45, 7) is 3.81. The maximum atomic E-state index is 12.9. The van der Waals surface area contributed by atoms with Crippen molar-refractivity contribution in [2.24, 2.45) is 0 Å². The molecule has 0 radical (unpaired) electrons. The summed E-state index contributed by atoms with van der Waals surface area (Å²) in [5.41, 5.74) is 1.93. The number of carbonyl (C=O) groups is 1. The molecule has 0 bridgehead atoms. The summed E-state index contributed by atoms with van der Waals surface area (Å²) in [6.07, 6.45) is 4.73. The third kappa shape index (κ3) is 4.36. The fourth-order valence-corrected chi connectivity index (χ4v) is 4.49. The van der Waals surface area contributed by atoms with Gasteiger partial charge >= 0.3 is 0 Å². The number of aryl methyl sites for hydroxylation is 1. The third-order valence-corrected chi connectivity index (χ3v) is 5.98. The van der Waals surface area contributed by atoms with Gasteiger partial charge in [-0.2, -0.15) is 0 Å². The van der Waals surface area contributed by atoms with E-state index in [1.165, 1.54) is 12.8 Å². The molecule has 1 fully saturated rings. The largest absolute Gasteiger partial charge is 0.339 e. The quantitative estimate of drug-likeness (QED) is 0.748. The lowest BCUT2D eigenvalue weighted by Gasteiger charge is -2.21. The predicted molar refractivity (Wildman–Crippen MR) is 97.2 cm³/mol. The summed E-state index contributed by atoms with van der Waals surface area (Å²) in [5, 5.41) is 3.19. The Morgan fingerprint density at radius 3 is 2.65 bits per heavy atom. The van der Waals surface area contributed by atoms with Crippen LogP contribution in [0.5, 0.6) is 0 Å². The zero-order valence-corrected chi connectivity index (χ0v) is 15.1. The number of thiazole rings is 1. The number of likely N-dealkylation sites (tertiary alicyclic amines) is 1. The second kappa shape index (κ2) is 7.97. The van der Waals surface area contributed by atoms with E-state index in [4.69, 9.17) is 0 Å². The van der Waals surface area contributed by atoms with Crippen molar-refractivity contribution in [3.05, 3.63) is 45.9 Å². The summed E-state index contributed by atoms with van der Waals surface area (Å²) in [6, 6.07) is 7.98. The molecule has 23 heavy (non-hydrogen) atoms. The van der Waals surface area contributed by atoms with Crippen LogP contribution in [0.15, 0.2) is 34.5 Å². The Balaban J connectivity index is 1.72. The fraction of sp³-hybridized carbons (Fsp3) is 0.444. The Labute approximate surface area is 146 Å². The first-order valence-electron chi connectivity index (χ1n) is 8.16. The fourth-order valence-electron chi connectivity index (χ4n) is 2.84. The zero-order chi connectivity index (χ0) is 16.1. The number of amides is 1. The lowest BCUT2D eigenvalue weighted by Crippen LogP contribution is -2.32. The highest BCUT2D eigenvalue weighted by molar-refractivity contribution is 7.98. The van der Waals surface area contributed by atoms with Gasteiger partial charge in [0.25, 0.3) is 5.91 Å². The van der Waals surface area contributed by atoms with Crippen LogP contribution in [-0.2, 0) is 5.75 Å². The highest BCUT2D eigenvalue weighted by Gasteiger charge is 2.20. The van der Waals surface area contributed by atoms with Crippen LogP contribution < -0.4 is 0 Å². The van der Waals surface area contributed by atoms with Gasteiger partial charge in [-0.3, -0.25) is 4.79 Å². The summed E-state index contributed by atoms with van der Waals surface area (Å²) < 4.78 is 0. The number of rotatable bonds is 4. The topological polar surface area (TPSA) is 33.2 Å². The SMILES string of the molecule is Cc1nc(CSc2ccccc2C(=O)N2CCCCCC2)cs1. The minimum absolute atomic E-state index is 0.185. The molecule has 1 amide bonds. The van der Waals surface area contributed by atoms with Crippen LogP contribution in [0.25, 0.3) is 0 Å². The number of hydrogen-bond acceptors (Lipinski definition) is 4. The molecule has 2 heterocycles. The molecule has 1 aliphatic rings. The highest BCUT2D eigenvalue weighted by Crippen LogP contribution is 2.28. The molecule has 0 N–H and O–H groups in total.